The summed E-state index contributed by atoms with van der Waals surface area (Å²) in [5.74, 6) is -4.61. The monoisotopic (exact) mass is 509 g/mol. The summed E-state index contributed by atoms with van der Waals surface area (Å²) in [7, 11) is -0.847. The molecule has 0 aliphatic rings. The van der Waals surface area contributed by atoms with Gasteiger partial charge in [-0.25, -0.2) is 15.0 Å². The molecular weight excluding hydrogens is 493 g/mol. The zero-order chi connectivity index (χ0) is 21.3. The molecule has 0 saturated heterocycles. The fourth-order valence-corrected chi connectivity index (χ4v) is 3.38. The van der Waals surface area contributed by atoms with Crippen molar-refractivity contribution in [3.8, 4) is 11.5 Å². The molecule has 0 spiro atoms. The Morgan fingerprint density at radius 2 is 1.86 bits per heavy atom. The molecule has 12 heteroatoms. The van der Waals surface area contributed by atoms with Gasteiger partial charge in [0.25, 0.3) is 0 Å². The minimum Gasteiger partial charge on any atom is -0.360 e. The van der Waals surface area contributed by atoms with E-state index in [1.807, 2.05) is 0 Å². The lowest BCUT2D eigenvalue weighted by atomic mass is 10.2. The van der Waals surface area contributed by atoms with Crippen LogP contribution in [0.1, 0.15) is 5.69 Å². The number of aromatic nitrogens is 3. The summed E-state index contributed by atoms with van der Waals surface area (Å²) in [4.78, 5) is 7.49. The zero-order valence-corrected chi connectivity index (χ0v) is 18.3. The van der Waals surface area contributed by atoms with Crippen LogP contribution in [-0.4, -0.2) is 51.8 Å². The quantitative estimate of drug-likeness (QED) is 0.355. The smallest absolute Gasteiger partial charge is 0.360 e. The van der Waals surface area contributed by atoms with Crippen LogP contribution in [0.25, 0.3) is 11.5 Å². The van der Waals surface area contributed by atoms with Crippen LogP contribution in [0.5, 0.6) is 0 Å². The molecule has 4 nitrogen and oxygen atoms in total. The fourth-order valence-electron chi connectivity index (χ4n) is 2.05. The second kappa shape index (κ2) is 8.45. The molecule has 0 bridgehead atoms. The van der Waals surface area contributed by atoms with Crippen molar-refractivity contribution in [3.63, 3.8) is 0 Å². The Balaban J connectivity index is 2.41. The van der Waals surface area contributed by atoms with Gasteiger partial charge in [0.15, 0.2) is 5.82 Å². The summed E-state index contributed by atoms with van der Waals surface area (Å²) >= 11 is 9.23. The van der Waals surface area contributed by atoms with Gasteiger partial charge in [-0.15, -0.1) is 0 Å². The van der Waals surface area contributed by atoms with Gasteiger partial charge in [-0.05, 0) is 40.8 Å². The van der Waals surface area contributed by atoms with E-state index in [9.17, 15) is 22.0 Å². The lowest BCUT2D eigenvalue weighted by Gasteiger charge is -2.24. The highest BCUT2D eigenvalue weighted by Crippen LogP contribution is 2.44. The normalized spacial score (nSPS) is 13.8. The summed E-state index contributed by atoms with van der Waals surface area (Å²) in [6.07, 6.45) is 2.40. The minimum atomic E-state index is -5.78. The second-order valence-electron chi connectivity index (χ2n) is 6.81. The molecule has 0 saturated carbocycles. The van der Waals surface area contributed by atoms with Crippen LogP contribution in [0.3, 0.4) is 0 Å². The number of ether oxygens (including phenoxy) is 1. The lowest BCUT2D eigenvalue weighted by Crippen LogP contribution is -2.34. The Morgan fingerprint density at radius 3 is 2.39 bits per heavy atom. The van der Waals surface area contributed by atoms with Crippen LogP contribution in [0.2, 0.25) is 5.02 Å². The molecule has 2 aromatic rings. The molecule has 2 heterocycles. The first-order valence-electron chi connectivity index (χ1n) is 7.80. The van der Waals surface area contributed by atoms with E-state index in [4.69, 9.17) is 16.3 Å². The number of hydrogen-bond acceptors (Lipinski definition) is 3. The Hall–Kier alpha value is -0.910. The average Bonchev–Trinajstić information content (AvgIpc) is 2.94. The van der Waals surface area contributed by atoms with Crippen LogP contribution in [-0.2, 0) is 17.4 Å². The second-order valence-corrected chi connectivity index (χ2v) is 12.7. The summed E-state index contributed by atoms with van der Waals surface area (Å²) in [6, 6.07) is 1.44. The molecule has 158 valence electrons. The maximum Gasteiger partial charge on any atom is 0.459 e. The van der Waals surface area contributed by atoms with E-state index in [-0.39, 0.29) is 23.3 Å². The standard InChI is InChI=1S/C16H18BrClF5N3OS/c1-28(2,3)5-4-27-9-26-8-12(15(19,20)16(21,22)23)25-14(26)13-11(18)6-10(17)7-24-13/h6-8H,4-5,9H2,1-3H3. The largest absolute Gasteiger partial charge is 0.459 e. The van der Waals surface area contributed by atoms with Crippen molar-refractivity contribution in [1.82, 2.24) is 14.5 Å². The van der Waals surface area contributed by atoms with E-state index in [1.165, 1.54) is 12.3 Å². The van der Waals surface area contributed by atoms with E-state index >= 15 is 0 Å². The average molecular weight is 511 g/mol. The molecule has 2 rings (SSSR count). The first kappa shape index (κ1) is 23.4. The molecule has 2 aromatic heterocycles. The van der Waals surface area contributed by atoms with Gasteiger partial charge in [0.2, 0.25) is 0 Å². The summed E-state index contributed by atoms with van der Waals surface area (Å²) in [5.41, 5.74) is -1.47. The van der Waals surface area contributed by atoms with Gasteiger partial charge < -0.3 is 9.30 Å². The fraction of sp³-hybridized carbons (Fsp3) is 0.500. The first-order chi connectivity index (χ1) is 12.7. The predicted octanol–water partition coefficient (Wildman–Crippen LogP) is 5.68. The van der Waals surface area contributed by atoms with Crippen molar-refractivity contribution < 1.29 is 26.7 Å². The number of imidazole rings is 1. The van der Waals surface area contributed by atoms with Crippen molar-refractivity contribution in [2.45, 2.75) is 18.8 Å². The number of hydrogen-bond donors (Lipinski definition) is 0. The van der Waals surface area contributed by atoms with E-state index < -0.39 is 27.8 Å². The molecule has 0 aliphatic carbocycles. The van der Waals surface area contributed by atoms with Crippen LogP contribution >= 0.6 is 37.6 Å². The van der Waals surface area contributed by atoms with Crippen LogP contribution in [0.4, 0.5) is 22.0 Å². The van der Waals surface area contributed by atoms with Gasteiger partial charge in [0.05, 0.1) is 11.6 Å². The molecule has 0 unspecified atom stereocenters. The highest BCUT2D eigenvalue weighted by atomic mass is 79.9. The lowest BCUT2D eigenvalue weighted by molar-refractivity contribution is -0.290. The van der Waals surface area contributed by atoms with E-state index in [0.717, 1.165) is 10.3 Å². The highest BCUT2D eigenvalue weighted by Gasteiger charge is 2.60. The zero-order valence-electron chi connectivity index (χ0n) is 15.2. The summed E-state index contributed by atoms with van der Waals surface area (Å²) in [6.45, 7) is 0.0583. The number of pyridine rings is 1. The third-order valence-corrected chi connectivity index (χ3v) is 5.66. The SMILES string of the molecule is CS(C)(C)CCOCn1cc(C(F)(F)C(F)(F)F)nc1-c1ncc(Br)cc1Cl. The Labute approximate surface area is 173 Å². The molecule has 28 heavy (non-hydrogen) atoms. The Kier molecular flexibility index (Phi) is 7.05. The maximum atomic E-state index is 13.8. The van der Waals surface area contributed by atoms with Crippen molar-refractivity contribution >= 4 is 37.6 Å². The van der Waals surface area contributed by atoms with E-state index in [1.54, 1.807) is 0 Å². The van der Waals surface area contributed by atoms with Crippen molar-refractivity contribution in [1.29, 1.82) is 0 Å². The number of alkyl halides is 5. The van der Waals surface area contributed by atoms with Gasteiger partial charge >= 0.3 is 12.1 Å². The van der Waals surface area contributed by atoms with Gasteiger partial charge in [-0.2, -0.15) is 22.0 Å². The molecule has 0 N–H and O–H groups in total. The van der Waals surface area contributed by atoms with Gasteiger partial charge in [-0.1, -0.05) is 11.6 Å². The van der Waals surface area contributed by atoms with Crippen LogP contribution in [0, 0.1) is 0 Å². The number of halogens is 7. The Morgan fingerprint density at radius 1 is 1.21 bits per heavy atom. The molecule has 0 amide bonds. The van der Waals surface area contributed by atoms with E-state index in [2.05, 4.69) is 44.7 Å². The minimum absolute atomic E-state index is 0.0286. The van der Waals surface area contributed by atoms with Crippen molar-refractivity contribution in [2.75, 3.05) is 31.1 Å². The number of nitrogens with zero attached hydrogens (tertiary/aromatic N) is 3. The van der Waals surface area contributed by atoms with E-state index in [0.29, 0.717) is 17.3 Å². The van der Waals surface area contributed by atoms with Crippen molar-refractivity contribution in [2.24, 2.45) is 0 Å². The highest BCUT2D eigenvalue weighted by molar-refractivity contribution is 9.10. The van der Waals surface area contributed by atoms with Gasteiger partial charge in [0, 0.05) is 22.6 Å². The predicted molar refractivity (Wildman–Crippen MR) is 104 cm³/mol. The van der Waals surface area contributed by atoms with Crippen molar-refractivity contribution in [3.05, 3.63) is 33.6 Å². The molecule has 0 aliphatic heterocycles. The van der Waals surface area contributed by atoms with Crippen LogP contribution < -0.4 is 0 Å². The third-order valence-electron chi connectivity index (χ3n) is 3.54. The molecule has 0 fully saturated rings. The third kappa shape index (κ3) is 5.58. The van der Waals surface area contributed by atoms with Gasteiger partial charge in [0.1, 0.15) is 18.1 Å². The Bertz CT molecular complexity index is 839. The molecule has 0 aromatic carbocycles. The summed E-state index contributed by atoms with van der Waals surface area (Å²) < 4.78 is 72.9. The number of rotatable bonds is 7. The maximum absolute atomic E-state index is 13.8. The van der Waals surface area contributed by atoms with Gasteiger partial charge in [-0.3, -0.25) is 4.98 Å². The van der Waals surface area contributed by atoms with Crippen LogP contribution in [0.15, 0.2) is 22.9 Å². The molecule has 0 radical (unpaired) electrons. The topological polar surface area (TPSA) is 39.9 Å². The molecule has 0 atom stereocenters. The summed E-state index contributed by atoms with van der Waals surface area (Å²) in [5, 5.41) is 0.0437. The first-order valence-corrected chi connectivity index (χ1v) is 12.0. The molecular formula is C16H18BrClF5N3OS.